The van der Waals surface area contributed by atoms with E-state index < -0.39 is 0 Å². The maximum atomic E-state index is 4.66. The highest BCUT2D eigenvalue weighted by Gasteiger charge is 2.24. The fourth-order valence-electron chi connectivity index (χ4n) is 3.13. The summed E-state index contributed by atoms with van der Waals surface area (Å²) in [5, 5.41) is 0. The van der Waals surface area contributed by atoms with E-state index in [9.17, 15) is 0 Å². The Labute approximate surface area is 126 Å². The minimum absolute atomic E-state index is 0.365. The van der Waals surface area contributed by atoms with Crippen LogP contribution in [0.2, 0.25) is 0 Å². The van der Waals surface area contributed by atoms with Crippen molar-refractivity contribution in [2.45, 2.75) is 38.5 Å². The fourth-order valence-corrected chi connectivity index (χ4v) is 3.13. The molecule has 0 radical (unpaired) electrons. The van der Waals surface area contributed by atoms with Gasteiger partial charge in [-0.3, -0.25) is 9.55 Å². The van der Waals surface area contributed by atoms with Crippen LogP contribution in [0.1, 0.15) is 50.0 Å². The largest absolute Gasteiger partial charge is 0.306 e. The number of imidazole rings is 1. The summed E-state index contributed by atoms with van der Waals surface area (Å²) < 4.78 is 2.10. The maximum absolute atomic E-state index is 4.66. The maximum Gasteiger partial charge on any atom is 0.160 e. The third-order valence-corrected chi connectivity index (χ3v) is 4.13. The fraction of sp³-hybridized carbons (Fsp3) is 0.562. The molecule has 0 aromatic carbocycles. The number of likely N-dealkylation sites (tertiary alicyclic amines) is 1. The molecule has 1 fully saturated rings. The van der Waals surface area contributed by atoms with Crippen LogP contribution in [0, 0.1) is 0 Å². The molecule has 21 heavy (non-hydrogen) atoms. The van der Waals surface area contributed by atoms with E-state index in [0.717, 1.165) is 23.9 Å². The van der Waals surface area contributed by atoms with Gasteiger partial charge in [-0.15, -0.1) is 0 Å². The topological polar surface area (TPSA) is 46.8 Å². The van der Waals surface area contributed by atoms with Crippen LogP contribution >= 0.6 is 0 Å². The number of rotatable bonds is 3. The molecule has 2 aromatic heterocycles. The molecule has 1 aliphatic heterocycles. The van der Waals surface area contributed by atoms with Crippen LogP contribution in [0.4, 0.5) is 0 Å². The van der Waals surface area contributed by atoms with E-state index in [1.165, 1.54) is 19.4 Å². The highest BCUT2D eigenvalue weighted by molar-refractivity contribution is 5.33. The van der Waals surface area contributed by atoms with E-state index in [0.29, 0.717) is 11.8 Å². The highest BCUT2D eigenvalue weighted by Crippen LogP contribution is 2.29. The first kappa shape index (κ1) is 14.2. The van der Waals surface area contributed by atoms with Crippen molar-refractivity contribution in [3.63, 3.8) is 0 Å². The molecule has 5 heteroatoms. The van der Waals surface area contributed by atoms with Crippen molar-refractivity contribution in [1.82, 2.24) is 24.4 Å². The molecule has 0 N–H and O–H groups in total. The first-order valence-corrected chi connectivity index (χ1v) is 7.70. The van der Waals surface area contributed by atoms with Crippen molar-refractivity contribution in [1.29, 1.82) is 0 Å². The third kappa shape index (κ3) is 2.83. The van der Waals surface area contributed by atoms with Crippen LogP contribution < -0.4 is 0 Å². The Morgan fingerprint density at radius 1 is 1.14 bits per heavy atom. The number of piperidine rings is 1. The van der Waals surface area contributed by atoms with E-state index in [4.69, 9.17) is 0 Å². The summed E-state index contributed by atoms with van der Waals surface area (Å²) >= 11 is 0. The molecule has 0 amide bonds. The predicted molar refractivity (Wildman–Crippen MR) is 82.7 cm³/mol. The number of hydrogen-bond donors (Lipinski definition) is 0. The Morgan fingerprint density at radius 2 is 1.95 bits per heavy atom. The lowest BCUT2D eigenvalue weighted by molar-refractivity contribution is 0.248. The Balaban J connectivity index is 2.01. The monoisotopic (exact) mass is 285 g/mol. The van der Waals surface area contributed by atoms with Crippen molar-refractivity contribution in [3.05, 3.63) is 36.3 Å². The quantitative estimate of drug-likeness (QED) is 0.869. The summed E-state index contributed by atoms with van der Waals surface area (Å²) in [6.45, 7) is 6.54. The third-order valence-electron chi connectivity index (χ3n) is 4.13. The second kappa shape index (κ2) is 5.93. The highest BCUT2D eigenvalue weighted by atomic mass is 15.1. The van der Waals surface area contributed by atoms with E-state index >= 15 is 0 Å². The van der Waals surface area contributed by atoms with Crippen molar-refractivity contribution >= 4 is 0 Å². The van der Waals surface area contributed by atoms with Gasteiger partial charge in [0.25, 0.3) is 0 Å². The molecule has 1 aliphatic rings. The van der Waals surface area contributed by atoms with E-state index in [2.05, 4.69) is 45.3 Å². The van der Waals surface area contributed by atoms with Gasteiger partial charge in [0.05, 0.1) is 5.69 Å². The average molecular weight is 285 g/mol. The lowest BCUT2D eigenvalue weighted by Gasteiger charge is -2.30. The first-order chi connectivity index (χ1) is 10.2. The Morgan fingerprint density at radius 3 is 2.71 bits per heavy atom. The standard InChI is InChI=1S/C16H23N5/c1-12(2)15-19-8-10-21(15)16-14(17-6-7-18-16)13-5-4-9-20(3)11-13/h6-8,10,12-13H,4-5,9,11H2,1-3H3/t13-/m0/s1. The summed E-state index contributed by atoms with van der Waals surface area (Å²) in [6.07, 6.45) is 9.82. The van der Waals surface area contributed by atoms with Crippen LogP contribution in [-0.2, 0) is 0 Å². The zero-order chi connectivity index (χ0) is 14.8. The first-order valence-electron chi connectivity index (χ1n) is 7.70. The van der Waals surface area contributed by atoms with Gasteiger partial charge in [-0.2, -0.15) is 0 Å². The van der Waals surface area contributed by atoms with Gasteiger partial charge in [0.2, 0.25) is 0 Å². The van der Waals surface area contributed by atoms with Gasteiger partial charge in [0.1, 0.15) is 5.82 Å². The zero-order valence-electron chi connectivity index (χ0n) is 13.0. The Bertz CT molecular complexity index is 604. The minimum Gasteiger partial charge on any atom is -0.306 e. The van der Waals surface area contributed by atoms with Gasteiger partial charge >= 0.3 is 0 Å². The van der Waals surface area contributed by atoms with Gasteiger partial charge in [-0.25, -0.2) is 9.97 Å². The van der Waals surface area contributed by atoms with Crippen molar-refractivity contribution in [3.8, 4) is 5.82 Å². The number of nitrogens with zero attached hydrogens (tertiary/aromatic N) is 5. The van der Waals surface area contributed by atoms with Crippen molar-refractivity contribution < 1.29 is 0 Å². The molecule has 3 rings (SSSR count). The summed E-state index contributed by atoms with van der Waals surface area (Å²) in [4.78, 5) is 16.1. The molecule has 0 unspecified atom stereocenters. The van der Waals surface area contributed by atoms with E-state index in [-0.39, 0.29) is 0 Å². The molecule has 1 atom stereocenters. The number of hydrogen-bond acceptors (Lipinski definition) is 4. The van der Waals surface area contributed by atoms with Crippen molar-refractivity contribution in [2.24, 2.45) is 0 Å². The molecule has 0 aliphatic carbocycles. The smallest absolute Gasteiger partial charge is 0.160 e. The lowest BCUT2D eigenvalue weighted by Crippen LogP contribution is -2.32. The molecule has 0 bridgehead atoms. The van der Waals surface area contributed by atoms with Crippen molar-refractivity contribution in [2.75, 3.05) is 20.1 Å². The number of aromatic nitrogens is 4. The van der Waals surface area contributed by atoms with E-state index in [1.54, 1.807) is 12.4 Å². The molecule has 112 valence electrons. The summed E-state index contributed by atoms with van der Waals surface area (Å²) in [5.74, 6) is 2.80. The molecular weight excluding hydrogens is 262 g/mol. The van der Waals surface area contributed by atoms with Crippen LogP contribution in [0.3, 0.4) is 0 Å². The molecule has 3 heterocycles. The molecule has 0 spiro atoms. The predicted octanol–water partition coefficient (Wildman–Crippen LogP) is 2.59. The molecular formula is C16H23N5. The van der Waals surface area contributed by atoms with Gasteiger partial charge < -0.3 is 4.90 Å². The molecule has 2 aromatic rings. The number of likely N-dealkylation sites (N-methyl/N-ethyl adjacent to an activating group) is 1. The van der Waals surface area contributed by atoms with E-state index in [1.807, 2.05) is 12.4 Å². The molecule has 1 saturated heterocycles. The summed E-state index contributed by atoms with van der Waals surface area (Å²) in [6, 6.07) is 0. The average Bonchev–Trinajstić information content (AvgIpc) is 2.97. The van der Waals surface area contributed by atoms with Gasteiger partial charge in [0, 0.05) is 43.2 Å². The Kier molecular flexibility index (Phi) is 4.01. The zero-order valence-corrected chi connectivity index (χ0v) is 13.0. The second-order valence-corrected chi connectivity index (χ2v) is 6.18. The van der Waals surface area contributed by atoms with Crippen LogP contribution in [0.5, 0.6) is 0 Å². The molecule has 5 nitrogen and oxygen atoms in total. The normalized spacial score (nSPS) is 20.1. The Hall–Kier alpha value is -1.75. The van der Waals surface area contributed by atoms with Gasteiger partial charge in [-0.1, -0.05) is 13.8 Å². The second-order valence-electron chi connectivity index (χ2n) is 6.18. The summed E-state index contributed by atoms with van der Waals surface area (Å²) in [7, 11) is 2.18. The SMILES string of the molecule is CC(C)c1nccn1-c1nccnc1[C@H]1CCCN(C)C1. The van der Waals surface area contributed by atoms with Crippen LogP contribution in [-0.4, -0.2) is 44.6 Å². The van der Waals surface area contributed by atoms with Crippen LogP contribution in [0.25, 0.3) is 5.82 Å². The minimum atomic E-state index is 0.365. The lowest BCUT2D eigenvalue weighted by atomic mass is 9.94. The van der Waals surface area contributed by atoms with Gasteiger partial charge in [0.15, 0.2) is 5.82 Å². The van der Waals surface area contributed by atoms with Gasteiger partial charge in [-0.05, 0) is 26.4 Å². The summed E-state index contributed by atoms with van der Waals surface area (Å²) in [5.41, 5.74) is 1.10. The molecule has 0 saturated carbocycles. The van der Waals surface area contributed by atoms with Crippen LogP contribution in [0.15, 0.2) is 24.8 Å².